The lowest BCUT2D eigenvalue weighted by Crippen LogP contribution is -2.33. The summed E-state index contributed by atoms with van der Waals surface area (Å²) in [4.78, 5) is 14.0. The molecule has 0 aromatic carbocycles. The molecular weight excluding hydrogens is 391 g/mol. The summed E-state index contributed by atoms with van der Waals surface area (Å²) in [7, 11) is 3.35. The smallest absolute Gasteiger partial charge is 0.339 e. The van der Waals surface area contributed by atoms with Crippen molar-refractivity contribution < 1.29 is 18.0 Å². The first kappa shape index (κ1) is 18.5. The number of carbonyl (C=O) groups is 1. The van der Waals surface area contributed by atoms with Crippen LogP contribution in [0, 0.1) is 6.92 Å². The molecule has 0 saturated heterocycles. The predicted octanol–water partition coefficient (Wildman–Crippen LogP) is 2.93. The molecule has 0 aliphatic heterocycles. The Morgan fingerprint density at radius 1 is 1.46 bits per heavy atom. The molecule has 132 valence electrons. The Hall–Kier alpha value is -1.84. The minimum Gasteiger partial charge on any atom is -0.339 e. The number of aryl methyl sites for hydroxylation is 1. The molecule has 2 rings (SSSR count). The predicted molar refractivity (Wildman–Crippen MR) is 84.1 cm³/mol. The van der Waals surface area contributed by atoms with Crippen molar-refractivity contribution >= 4 is 21.8 Å². The van der Waals surface area contributed by atoms with E-state index in [1.165, 1.54) is 18.7 Å². The van der Waals surface area contributed by atoms with Crippen LogP contribution in [0.3, 0.4) is 0 Å². The molecule has 1 unspecified atom stereocenters. The van der Waals surface area contributed by atoms with Gasteiger partial charge in [0.05, 0.1) is 16.4 Å². The second-order valence-electron chi connectivity index (χ2n) is 5.58. The van der Waals surface area contributed by atoms with E-state index in [-0.39, 0.29) is 16.1 Å². The van der Waals surface area contributed by atoms with Crippen LogP contribution in [0.4, 0.5) is 13.2 Å². The van der Waals surface area contributed by atoms with E-state index in [1.54, 1.807) is 31.2 Å². The van der Waals surface area contributed by atoms with Crippen molar-refractivity contribution in [3.05, 3.63) is 33.8 Å². The number of hydrogen-bond acceptors (Lipinski definition) is 3. The van der Waals surface area contributed by atoms with Gasteiger partial charge in [-0.2, -0.15) is 23.4 Å². The molecule has 0 radical (unpaired) electrons. The molecule has 24 heavy (non-hydrogen) atoms. The number of nitrogens with zero attached hydrogens (tertiary/aromatic N) is 5. The Kier molecular flexibility index (Phi) is 5.07. The largest absolute Gasteiger partial charge is 0.436 e. The van der Waals surface area contributed by atoms with E-state index < -0.39 is 17.9 Å². The van der Waals surface area contributed by atoms with Crippen LogP contribution in [0.15, 0.2) is 16.9 Å². The lowest BCUT2D eigenvalue weighted by atomic mass is 10.2. The Labute approximate surface area is 145 Å². The highest BCUT2D eigenvalue weighted by Gasteiger charge is 2.39. The average molecular weight is 408 g/mol. The average Bonchev–Trinajstić information content (AvgIpc) is 3.01. The number of likely N-dealkylation sites (N-methyl/N-ethyl adjacent to an activating group) is 1. The van der Waals surface area contributed by atoms with Gasteiger partial charge in [0, 0.05) is 32.4 Å². The molecule has 0 fully saturated rings. The zero-order valence-corrected chi connectivity index (χ0v) is 15.2. The summed E-state index contributed by atoms with van der Waals surface area (Å²) in [5.74, 6) is -0.342. The number of amides is 1. The molecule has 6 nitrogen and oxygen atoms in total. The van der Waals surface area contributed by atoms with Crippen LogP contribution in [0.25, 0.3) is 0 Å². The van der Waals surface area contributed by atoms with Crippen LogP contribution < -0.4 is 0 Å². The third-order valence-corrected chi connectivity index (χ3v) is 4.57. The second-order valence-corrected chi connectivity index (χ2v) is 6.38. The summed E-state index contributed by atoms with van der Waals surface area (Å²) in [6.07, 6.45) is -1.18. The minimum atomic E-state index is -4.58. The lowest BCUT2D eigenvalue weighted by Gasteiger charge is -2.22. The molecule has 2 aromatic rings. The van der Waals surface area contributed by atoms with E-state index in [2.05, 4.69) is 26.1 Å². The maximum absolute atomic E-state index is 12.9. The Morgan fingerprint density at radius 3 is 2.54 bits per heavy atom. The third-order valence-electron chi connectivity index (χ3n) is 3.62. The molecule has 1 amide bonds. The van der Waals surface area contributed by atoms with Gasteiger partial charge < -0.3 is 4.90 Å². The van der Waals surface area contributed by atoms with Crippen LogP contribution in [0.5, 0.6) is 0 Å². The van der Waals surface area contributed by atoms with Crippen LogP contribution in [0.2, 0.25) is 0 Å². The van der Waals surface area contributed by atoms with Crippen molar-refractivity contribution in [2.24, 2.45) is 7.05 Å². The highest BCUT2D eigenvalue weighted by molar-refractivity contribution is 9.10. The maximum atomic E-state index is 12.9. The van der Waals surface area contributed by atoms with Crippen LogP contribution in [0.1, 0.15) is 29.9 Å². The van der Waals surface area contributed by atoms with Crippen molar-refractivity contribution in [1.29, 1.82) is 0 Å². The van der Waals surface area contributed by atoms with Crippen LogP contribution >= 0.6 is 15.9 Å². The topological polar surface area (TPSA) is 56.0 Å². The molecule has 0 saturated carbocycles. The summed E-state index contributed by atoms with van der Waals surface area (Å²) < 4.78 is 41.4. The number of alkyl halides is 3. The highest BCUT2D eigenvalue weighted by Crippen LogP contribution is 2.36. The molecular formula is C14H17BrF3N5O. The molecule has 0 bridgehead atoms. The number of rotatable bonds is 4. The lowest BCUT2D eigenvalue weighted by molar-refractivity contribution is -0.143. The number of halogens is 4. The normalized spacial score (nSPS) is 13.2. The summed E-state index contributed by atoms with van der Waals surface area (Å²) >= 11 is 2.91. The number of aromatic nitrogens is 4. The van der Waals surface area contributed by atoms with Gasteiger partial charge in [-0.1, -0.05) is 0 Å². The SMILES string of the molecule is Cc1c(Br)c(C(F)(F)F)nn1C(C)C(=O)N(C)Cc1cnn(C)c1. The maximum Gasteiger partial charge on any atom is 0.436 e. The molecule has 0 aliphatic rings. The van der Waals surface area contributed by atoms with Gasteiger partial charge >= 0.3 is 6.18 Å². The Morgan fingerprint density at radius 2 is 2.08 bits per heavy atom. The van der Waals surface area contributed by atoms with Crippen molar-refractivity contribution in [3.8, 4) is 0 Å². The molecule has 0 aliphatic carbocycles. The van der Waals surface area contributed by atoms with E-state index in [9.17, 15) is 18.0 Å². The van der Waals surface area contributed by atoms with Gasteiger partial charge in [0.25, 0.3) is 0 Å². The van der Waals surface area contributed by atoms with Crippen LogP contribution in [-0.2, 0) is 24.6 Å². The zero-order chi connectivity index (χ0) is 18.2. The Balaban J connectivity index is 2.21. The molecule has 0 N–H and O–H groups in total. The van der Waals surface area contributed by atoms with E-state index in [1.807, 2.05) is 0 Å². The fraction of sp³-hybridized carbons (Fsp3) is 0.500. The fourth-order valence-corrected chi connectivity index (χ4v) is 2.87. The highest BCUT2D eigenvalue weighted by atomic mass is 79.9. The van der Waals surface area contributed by atoms with Gasteiger partial charge in [0.1, 0.15) is 6.04 Å². The standard InChI is InChI=1S/C14H17BrF3N5O/c1-8-11(15)12(14(16,17)18)20-23(8)9(2)13(24)21(3)6-10-5-19-22(4)7-10/h5,7,9H,6H2,1-4H3. The van der Waals surface area contributed by atoms with E-state index in [0.717, 1.165) is 10.2 Å². The first-order chi connectivity index (χ1) is 11.0. The number of carbonyl (C=O) groups excluding carboxylic acids is 1. The van der Waals surface area contributed by atoms with Gasteiger partial charge in [0.2, 0.25) is 5.91 Å². The minimum absolute atomic E-state index is 0.149. The van der Waals surface area contributed by atoms with Gasteiger partial charge in [-0.3, -0.25) is 14.2 Å². The van der Waals surface area contributed by atoms with Gasteiger partial charge in [-0.05, 0) is 29.8 Å². The quantitative estimate of drug-likeness (QED) is 0.782. The Bertz CT molecular complexity index is 752. The third kappa shape index (κ3) is 3.63. The van der Waals surface area contributed by atoms with E-state index in [0.29, 0.717) is 6.54 Å². The van der Waals surface area contributed by atoms with Gasteiger partial charge in [0.15, 0.2) is 5.69 Å². The molecule has 1 atom stereocenters. The summed E-state index contributed by atoms with van der Waals surface area (Å²) in [5.41, 5.74) is 0.0439. The first-order valence-corrected chi connectivity index (χ1v) is 7.86. The summed E-state index contributed by atoms with van der Waals surface area (Å²) in [6, 6.07) is -0.862. The van der Waals surface area contributed by atoms with Crippen molar-refractivity contribution in [1.82, 2.24) is 24.5 Å². The zero-order valence-electron chi connectivity index (χ0n) is 13.6. The fourth-order valence-electron chi connectivity index (χ4n) is 2.39. The van der Waals surface area contributed by atoms with Crippen molar-refractivity contribution in [2.75, 3.05) is 7.05 Å². The van der Waals surface area contributed by atoms with E-state index >= 15 is 0 Å². The molecule has 0 spiro atoms. The summed E-state index contributed by atoms with van der Waals surface area (Å²) in [6.45, 7) is 3.32. The van der Waals surface area contributed by atoms with Crippen molar-refractivity contribution in [2.45, 2.75) is 32.6 Å². The second kappa shape index (κ2) is 6.58. The van der Waals surface area contributed by atoms with Gasteiger partial charge in [-0.25, -0.2) is 0 Å². The van der Waals surface area contributed by atoms with E-state index in [4.69, 9.17) is 0 Å². The van der Waals surface area contributed by atoms with Gasteiger partial charge in [-0.15, -0.1) is 0 Å². The number of hydrogen-bond donors (Lipinski definition) is 0. The van der Waals surface area contributed by atoms with Crippen LogP contribution in [-0.4, -0.2) is 37.4 Å². The molecule has 10 heteroatoms. The first-order valence-electron chi connectivity index (χ1n) is 7.06. The summed E-state index contributed by atoms with van der Waals surface area (Å²) in [5, 5.41) is 7.59. The monoisotopic (exact) mass is 407 g/mol. The molecule has 2 aromatic heterocycles. The molecule has 2 heterocycles. The van der Waals surface area contributed by atoms with Crippen molar-refractivity contribution in [3.63, 3.8) is 0 Å².